The molecule has 6 nitrogen and oxygen atoms in total. The van der Waals surface area contributed by atoms with E-state index in [-0.39, 0.29) is 0 Å². The van der Waals surface area contributed by atoms with Crippen LogP contribution in [0, 0.1) is 13.8 Å². The SMILES string of the molecule is COc1ccc(-c2cc3nc(C)c(C)c(NCCCN(C)C)n3n2)cc1. The van der Waals surface area contributed by atoms with Crippen molar-refractivity contribution in [3.8, 4) is 17.0 Å². The molecule has 3 rings (SSSR count). The Morgan fingerprint density at radius 3 is 2.54 bits per heavy atom. The van der Waals surface area contributed by atoms with Crippen molar-refractivity contribution in [1.82, 2.24) is 19.5 Å². The van der Waals surface area contributed by atoms with Gasteiger partial charge in [-0.3, -0.25) is 0 Å². The molecule has 0 radical (unpaired) electrons. The Kier molecular flexibility index (Phi) is 5.42. The third-order valence-corrected chi connectivity index (χ3v) is 4.54. The fourth-order valence-corrected chi connectivity index (χ4v) is 2.91. The van der Waals surface area contributed by atoms with Gasteiger partial charge in [0.15, 0.2) is 5.65 Å². The lowest BCUT2D eigenvalue weighted by atomic mass is 10.1. The fraction of sp³-hybridized carbons (Fsp3) is 0.400. The van der Waals surface area contributed by atoms with Gasteiger partial charge in [-0.15, -0.1) is 0 Å². The molecule has 0 unspecified atom stereocenters. The highest BCUT2D eigenvalue weighted by molar-refractivity contribution is 5.67. The highest BCUT2D eigenvalue weighted by Gasteiger charge is 2.13. The molecule has 0 amide bonds. The average Bonchev–Trinajstić information content (AvgIpc) is 3.04. The van der Waals surface area contributed by atoms with Gasteiger partial charge >= 0.3 is 0 Å². The summed E-state index contributed by atoms with van der Waals surface area (Å²) in [5.74, 6) is 1.86. The van der Waals surface area contributed by atoms with Crippen LogP contribution in [-0.2, 0) is 0 Å². The smallest absolute Gasteiger partial charge is 0.158 e. The van der Waals surface area contributed by atoms with Crippen LogP contribution in [-0.4, -0.2) is 53.8 Å². The number of benzene rings is 1. The number of nitrogens with one attached hydrogen (secondary N) is 1. The zero-order chi connectivity index (χ0) is 18.7. The second-order valence-corrected chi connectivity index (χ2v) is 6.78. The van der Waals surface area contributed by atoms with Gasteiger partial charge in [0.05, 0.1) is 12.8 Å². The number of aryl methyl sites for hydroxylation is 1. The molecule has 3 aromatic rings. The first-order valence-electron chi connectivity index (χ1n) is 8.89. The van der Waals surface area contributed by atoms with Crippen LogP contribution in [0.25, 0.3) is 16.9 Å². The van der Waals surface area contributed by atoms with Crippen molar-refractivity contribution >= 4 is 11.5 Å². The van der Waals surface area contributed by atoms with Crippen LogP contribution < -0.4 is 10.1 Å². The molecular weight excluding hydrogens is 326 g/mol. The Hall–Kier alpha value is -2.60. The third-order valence-electron chi connectivity index (χ3n) is 4.54. The second-order valence-electron chi connectivity index (χ2n) is 6.78. The minimum Gasteiger partial charge on any atom is -0.497 e. The molecule has 2 aromatic heterocycles. The van der Waals surface area contributed by atoms with Gasteiger partial charge in [-0.2, -0.15) is 9.61 Å². The predicted molar refractivity (Wildman–Crippen MR) is 106 cm³/mol. The topological polar surface area (TPSA) is 54.7 Å². The summed E-state index contributed by atoms with van der Waals surface area (Å²) >= 11 is 0. The van der Waals surface area contributed by atoms with E-state index < -0.39 is 0 Å². The highest BCUT2D eigenvalue weighted by Crippen LogP contribution is 2.25. The number of hydrogen-bond acceptors (Lipinski definition) is 5. The van der Waals surface area contributed by atoms with Crippen LogP contribution in [0.15, 0.2) is 30.3 Å². The summed E-state index contributed by atoms with van der Waals surface area (Å²) in [6, 6.07) is 9.96. The van der Waals surface area contributed by atoms with Crippen LogP contribution in [0.4, 0.5) is 5.82 Å². The van der Waals surface area contributed by atoms with Crippen LogP contribution in [0.3, 0.4) is 0 Å². The molecule has 1 aromatic carbocycles. The zero-order valence-corrected chi connectivity index (χ0v) is 16.2. The summed E-state index contributed by atoms with van der Waals surface area (Å²) in [5.41, 5.74) is 4.96. The summed E-state index contributed by atoms with van der Waals surface area (Å²) in [6.45, 7) is 6.08. The van der Waals surface area contributed by atoms with E-state index in [1.165, 1.54) is 0 Å². The van der Waals surface area contributed by atoms with Crippen molar-refractivity contribution in [2.75, 3.05) is 39.6 Å². The maximum Gasteiger partial charge on any atom is 0.158 e. The minimum absolute atomic E-state index is 0.838. The van der Waals surface area contributed by atoms with E-state index >= 15 is 0 Å². The number of ether oxygens (including phenoxy) is 1. The van der Waals surface area contributed by atoms with Crippen molar-refractivity contribution in [3.63, 3.8) is 0 Å². The predicted octanol–water partition coefficient (Wildman–Crippen LogP) is 3.39. The van der Waals surface area contributed by atoms with E-state index in [1.807, 2.05) is 41.8 Å². The Morgan fingerprint density at radius 1 is 1.15 bits per heavy atom. The molecule has 0 spiro atoms. The van der Waals surface area contributed by atoms with Gasteiger partial charge < -0.3 is 15.0 Å². The Labute approximate surface area is 154 Å². The summed E-state index contributed by atoms with van der Waals surface area (Å²) in [7, 11) is 5.85. The lowest BCUT2D eigenvalue weighted by Gasteiger charge is -2.14. The first-order chi connectivity index (χ1) is 12.5. The van der Waals surface area contributed by atoms with E-state index in [0.29, 0.717) is 0 Å². The lowest BCUT2D eigenvalue weighted by molar-refractivity contribution is 0.405. The molecule has 26 heavy (non-hydrogen) atoms. The molecule has 0 aliphatic heterocycles. The van der Waals surface area contributed by atoms with Crippen molar-refractivity contribution in [1.29, 1.82) is 0 Å². The third kappa shape index (κ3) is 3.80. The molecule has 0 bridgehead atoms. The normalized spacial score (nSPS) is 11.3. The van der Waals surface area contributed by atoms with Gasteiger partial charge in [0, 0.05) is 29.4 Å². The second kappa shape index (κ2) is 7.74. The summed E-state index contributed by atoms with van der Waals surface area (Å²) in [5, 5.41) is 8.34. The standard InChI is InChI=1S/C20H27N5O/c1-14-15(2)22-19-13-18(16-7-9-17(26-5)10-8-16)23-25(19)20(14)21-11-6-12-24(3)4/h7-10,13,21H,6,11-12H2,1-5H3. The number of anilines is 1. The molecule has 0 atom stereocenters. The van der Waals surface area contributed by atoms with Crippen molar-refractivity contribution < 1.29 is 4.74 Å². The van der Waals surface area contributed by atoms with Gasteiger partial charge in [0.2, 0.25) is 0 Å². The van der Waals surface area contributed by atoms with Gasteiger partial charge in [-0.25, -0.2) is 4.98 Å². The first-order valence-corrected chi connectivity index (χ1v) is 8.89. The van der Waals surface area contributed by atoms with Crippen LogP contribution in [0.1, 0.15) is 17.7 Å². The van der Waals surface area contributed by atoms with Gasteiger partial charge in [0.1, 0.15) is 11.6 Å². The number of hydrogen-bond donors (Lipinski definition) is 1. The van der Waals surface area contributed by atoms with E-state index in [1.54, 1.807) is 7.11 Å². The van der Waals surface area contributed by atoms with E-state index in [0.717, 1.165) is 59.2 Å². The maximum atomic E-state index is 5.23. The highest BCUT2D eigenvalue weighted by atomic mass is 16.5. The molecule has 0 saturated heterocycles. The molecule has 1 N–H and O–H groups in total. The Balaban J connectivity index is 1.93. The Bertz CT molecular complexity index is 883. The number of fused-ring (bicyclic) bond motifs is 1. The molecule has 138 valence electrons. The summed E-state index contributed by atoms with van der Waals surface area (Å²) < 4.78 is 7.15. The average molecular weight is 353 g/mol. The van der Waals surface area contributed by atoms with Gasteiger partial charge in [0.25, 0.3) is 0 Å². The van der Waals surface area contributed by atoms with Gasteiger partial charge in [-0.1, -0.05) is 0 Å². The fourth-order valence-electron chi connectivity index (χ4n) is 2.91. The van der Waals surface area contributed by atoms with Crippen molar-refractivity contribution in [3.05, 3.63) is 41.6 Å². The van der Waals surface area contributed by atoms with Crippen LogP contribution in [0.5, 0.6) is 5.75 Å². The van der Waals surface area contributed by atoms with Crippen LogP contribution in [0.2, 0.25) is 0 Å². The molecule has 0 aliphatic carbocycles. The summed E-state index contributed by atoms with van der Waals surface area (Å²) in [4.78, 5) is 6.89. The van der Waals surface area contributed by atoms with Crippen LogP contribution >= 0.6 is 0 Å². The largest absolute Gasteiger partial charge is 0.497 e. The number of methoxy groups -OCH3 is 1. The first kappa shape index (κ1) is 18.2. The lowest BCUT2D eigenvalue weighted by Crippen LogP contribution is -2.18. The van der Waals surface area contributed by atoms with E-state index in [9.17, 15) is 0 Å². The molecule has 2 heterocycles. The zero-order valence-electron chi connectivity index (χ0n) is 16.2. The van der Waals surface area contributed by atoms with E-state index in [4.69, 9.17) is 14.8 Å². The molecule has 6 heteroatoms. The molecular formula is C20H27N5O. The van der Waals surface area contributed by atoms with Crippen molar-refractivity contribution in [2.45, 2.75) is 20.3 Å². The minimum atomic E-state index is 0.838. The number of nitrogens with zero attached hydrogens (tertiary/aromatic N) is 4. The number of rotatable bonds is 7. The monoisotopic (exact) mass is 353 g/mol. The summed E-state index contributed by atoms with van der Waals surface area (Å²) in [6.07, 6.45) is 1.07. The molecule has 0 saturated carbocycles. The van der Waals surface area contributed by atoms with Gasteiger partial charge in [-0.05, 0) is 65.2 Å². The van der Waals surface area contributed by atoms with Crippen molar-refractivity contribution in [2.24, 2.45) is 0 Å². The quantitative estimate of drug-likeness (QED) is 0.660. The number of aromatic nitrogens is 3. The Morgan fingerprint density at radius 2 is 1.88 bits per heavy atom. The maximum absolute atomic E-state index is 5.23. The van der Waals surface area contributed by atoms with E-state index in [2.05, 4.69) is 31.2 Å². The molecule has 0 aliphatic rings. The molecule has 0 fully saturated rings.